The van der Waals surface area contributed by atoms with Crippen LogP contribution >= 0.6 is 0 Å². The zero-order valence-electron chi connectivity index (χ0n) is 18.7. The molecule has 1 aromatic heterocycles. The maximum atomic E-state index is 5.54. The fraction of sp³-hybridized carbons (Fsp3) is 0.696. The Bertz CT molecular complexity index is 792. The van der Waals surface area contributed by atoms with Gasteiger partial charge >= 0.3 is 0 Å². The Morgan fingerprint density at radius 3 is 2.47 bits per heavy atom. The molecule has 2 aliphatic rings. The van der Waals surface area contributed by atoms with Crippen LogP contribution in [-0.2, 0) is 6.54 Å². The maximum Gasteiger partial charge on any atom is 0.168 e. The van der Waals surface area contributed by atoms with Crippen molar-refractivity contribution in [3.05, 3.63) is 35.7 Å². The highest BCUT2D eigenvalue weighted by atomic mass is 16.5. The SMILES string of the molecule is COc1ccccc1CN1CCN(C(c2nnnn2C2CCCCC2)C(C)C)CC1. The van der Waals surface area contributed by atoms with Gasteiger partial charge in [0.15, 0.2) is 5.82 Å². The lowest BCUT2D eigenvalue weighted by Gasteiger charge is -2.40. The van der Waals surface area contributed by atoms with E-state index in [-0.39, 0.29) is 6.04 Å². The van der Waals surface area contributed by atoms with E-state index in [4.69, 9.17) is 4.74 Å². The van der Waals surface area contributed by atoms with Crippen LogP contribution in [0.5, 0.6) is 5.75 Å². The summed E-state index contributed by atoms with van der Waals surface area (Å²) in [7, 11) is 1.75. The van der Waals surface area contributed by atoms with Crippen LogP contribution in [0.25, 0.3) is 0 Å². The van der Waals surface area contributed by atoms with Gasteiger partial charge in [0, 0.05) is 38.3 Å². The largest absolute Gasteiger partial charge is 0.496 e. The molecular weight excluding hydrogens is 376 g/mol. The summed E-state index contributed by atoms with van der Waals surface area (Å²) in [4.78, 5) is 5.12. The molecule has 7 nitrogen and oxygen atoms in total. The third-order valence-electron chi connectivity index (χ3n) is 6.72. The standard InChI is InChI=1S/C23H36N6O/c1-18(2)22(23-24-25-26-29(23)20-10-5-4-6-11-20)28-15-13-27(14-16-28)17-19-9-7-8-12-21(19)30-3/h7-9,12,18,20,22H,4-6,10-11,13-17H2,1-3H3. The molecule has 0 radical (unpaired) electrons. The van der Waals surface area contributed by atoms with Gasteiger partial charge in [0.05, 0.1) is 19.2 Å². The summed E-state index contributed by atoms with van der Waals surface area (Å²) >= 11 is 0. The summed E-state index contributed by atoms with van der Waals surface area (Å²) in [5.41, 5.74) is 1.26. The molecular formula is C23H36N6O. The molecule has 7 heteroatoms. The minimum absolute atomic E-state index is 0.273. The van der Waals surface area contributed by atoms with Gasteiger partial charge in [-0.15, -0.1) is 5.10 Å². The number of nitrogens with zero attached hydrogens (tertiary/aromatic N) is 6. The van der Waals surface area contributed by atoms with Gasteiger partial charge in [-0.3, -0.25) is 9.80 Å². The third-order valence-corrected chi connectivity index (χ3v) is 6.72. The number of aromatic nitrogens is 4. The summed E-state index contributed by atoms with van der Waals surface area (Å²) in [6, 6.07) is 9.08. The van der Waals surface area contributed by atoms with E-state index < -0.39 is 0 Å². The second-order valence-corrected chi connectivity index (χ2v) is 9.09. The molecule has 2 fully saturated rings. The summed E-state index contributed by atoms with van der Waals surface area (Å²) < 4.78 is 7.69. The summed E-state index contributed by atoms with van der Waals surface area (Å²) in [5, 5.41) is 13.1. The molecule has 164 valence electrons. The van der Waals surface area contributed by atoms with E-state index in [2.05, 4.69) is 56.0 Å². The van der Waals surface area contributed by atoms with Crippen LogP contribution in [0, 0.1) is 5.92 Å². The molecule has 0 bridgehead atoms. The Kier molecular flexibility index (Phi) is 7.00. The Morgan fingerprint density at radius 1 is 1.03 bits per heavy atom. The molecule has 0 spiro atoms. The molecule has 1 saturated heterocycles. The minimum Gasteiger partial charge on any atom is -0.496 e. The molecule has 0 N–H and O–H groups in total. The Labute approximate surface area is 180 Å². The predicted molar refractivity (Wildman–Crippen MR) is 117 cm³/mol. The number of para-hydroxylation sites is 1. The fourth-order valence-electron chi connectivity index (χ4n) is 5.14. The molecule has 1 aliphatic carbocycles. The predicted octanol–water partition coefficient (Wildman–Crippen LogP) is 3.70. The van der Waals surface area contributed by atoms with Crippen molar-refractivity contribution in [2.45, 2.75) is 64.6 Å². The van der Waals surface area contributed by atoms with Gasteiger partial charge in [0.25, 0.3) is 0 Å². The Balaban J connectivity index is 1.43. The van der Waals surface area contributed by atoms with Crippen molar-refractivity contribution >= 4 is 0 Å². The zero-order valence-corrected chi connectivity index (χ0v) is 18.7. The second-order valence-electron chi connectivity index (χ2n) is 9.09. The first-order chi connectivity index (χ1) is 14.7. The smallest absolute Gasteiger partial charge is 0.168 e. The molecule has 1 aromatic carbocycles. The second kappa shape index (κ2) is 9.88. The first kappa shape index (κ1) is 21.2. The molecule has 1 aliphatic heterocycles. The van der Waals surface area contributed by atoms with Crippen molar-refractivity contribution in [3.8, 4) is 5.75 Å². The number of hydrogen-bond donors (Lipinski definition) is 0. The van der Waals surface area contributed by atoms with Gasteiger partial charge in [-0.25, -0.2) is 4.68 Å². The van der Waals surface area contributed by atoms with Crippen LogP contribution in [0.4, 0.5) is 0 Å². The van der Waals surface area contributed by atoms with Crippen molar-refractivity contribution < 1.29 is 4.74 Å². The van der Waals surface area contributed by atoms with Gasteiger partial charge in [-0.05, 0) is 35.3 Å². The highest BCUT2D eigenvalue weighted by molar-refractivity contribution is 5.33. The molecule has 4 rings (SSSR count). The fourth-order valence-corrected chi connectivity index (χ4v) is 5.14. The van der Waals surface area contributed by atoms with Crippen molar-refractivity contribution in [3.63, 3.8) is 0 Å². The lowest BCUT2D eigenvalue weighted by atomic mass is 9.94. The number of methoxy groups -OCH3 is 1. The lowest BCUT2D eigenvalue weighted by Crippen LogP contribution is -2.48. The van der Waals surface area contributed by atoms with Crippen LogP contribution in [0.3, 0.4) is 0 Å². The van der Waals surface area contributed by atoms with Crippen molar-refractivity contribution in [2.75, 3.05) is 33.3 Å². The first-order valence-electron chi connectivity index (χ1n) is 11.5. The van der Waals surface area contributed by atoms with Gasteiger partial charge < -0.3 is 4.74 Å². The average molecular weight is 413 g/mol. The van der Waals surface area contributed by atoms with Gasteiger partial charge in [0.1, 0.15) is 5.75 Å². The maximum absolute atomic E-state index is 5.54. The lowest BCUT2D eigenvalue weighted by molar-refractivity contribution is 0.0643. The van der Waals surface area contributed by atoms with Crippen LogP contribution in [0.2, 0.25) is 0 Å². The van der Waals surface area contributed by atoms with E-state index >= 15 is 0 Å². The van der Waals surface area contributed by atoms with Gasteiger partial charge in [0.2, 0.25) is 0 Å². The molecule has 0 amide bonds. The molecule has 2 aromatic rings. The van der Waals surface area contributed by atoms with Crippen LogP contribution < -0.4 is 4.74 Å². The number of hydrogen-bond acceptors (Lipinski definition) is 6. The van der Waals surface area contributed by atoms with E-state index in [0.717, 1.165) is 44.3 Å². The number of rotatable bonds is 7. The van der Waals surface area contributed by atoms with Gasteiger partial charge in [-0.2, -0.15) is 0 Å². The molecule has 2 heterocycles. The zero-order chi connectivity index (χ0) is 20.9. The topological polar surface area (TPSA) is 59.3 Å². The van der Waals surface area contributed by atoms with Crippen molar-refractivity contribution in [2.24, 2.45) is 5.92 Å². The summed E-state index contributed by atoms with van der Waals surface area (Å²) in [6.45, 7) is 9.70. The molecule has 30 heavy (non-hydrogen) atoms. The first-order valence-corrected chi connectivity index (χ1v) is 11.5. The number of ether oxygens (including phenoxy) is 1. The van der Waals surface area contributed by atoms with E-state index in [1.165, 1.54) is 37.7 Å². The van der Waals surface area contributed by atoms with Crippen LogP contribution in [0.15, 0.2) is 24.3 Å². The highest BCUT2D eigenvalue weighted by Crippen LogP contribution is 2.33. The number of piperazine rings is 1. The molecule has 1 unspecified atom stereocenters. The Hall–Kier alpha value is -1.99. The van der Waals surface area contributed by atoms with Crippen LogP contribution in [0.1, 0.15) is 69.4 Å². The van der Waals surface area contributed by atoms with Crippen molar-refractivity contribution in [1.82, 2.24) is 30.0 Å². The minimum atomic E-state index is 0.273. The monoisotopic (exact) mass is 412 g/mol. The third kappa shape index (κ3) is 4.67. The Morgan fingerprint density at radius 2 is 1.77 bits per heavy atom. The highest BCUT2D eigenvalue weighted by Gasteiger charge is 2.33. The average Bonchev–Trinajstić information content (AvgIpc) is 3.25. The summed E-state index contributed by atoms with van der Waals surface area (Å²) in [5.74, 6) is 2.51. The summed E-state index contributed by atoms with van der Waals surface area (Å²) in [6.07, 6.45) is 6.33. The molecule has 1 saturated carbocycles. The van der Waals surface area contributed by atoms with E-state index in [0.29, 0.717) is 12.0 Å². The normalized spacial score (nSPS) is 20.5. The number of benzene rings is 1. The van der Waals surface area contributed by atoms with Gasteiger partial charge in [-0.1, -0.05) is 51.3 Å². The number of tetrazole rings is 1. The van der Waals surface area contributed by atoms with E-state index in [1.54, 1.807) is 7.11 Å². The van der Waals surface area contributed by atoms with Crippen LogP contribution in [-0.4, -0.2) is 63.3 Å². The van der Waals surface area contributed by atoms with E-state index in [1.807, 2.05) is 12.1 Å². The quantitative estimate of drug-likeness (QED) is 0.691. The van der Waals surface area contributed by atoms with Crippen molar-refractivity contribution in [1.29, 1.82) is 0 Å². The molecule has 1 atom stereocenters. The van der Waals surface area contributed by atoms with E-state index in [9.17, 15) is 0 Å².